The summed E-state index contributed by atoms with van der Waals surface area (Å²) in [6, 6.07) is 9.89. The van der Waals surface area contributed by atoms with Crippen LogP contribution in [0.5, 0.6) is 11.5 Å². The van der Waals surface area contributed by atoms with Gasteiger partial charge in [-0.25, -0.2) is 4.98 Å². The van der Waals surface area contributed by atoms with Crippen LogP contribution in [0.25, 0.3) is 21.8 Å². The summed E-state index contributed by atoms with van der Waals surface area (Å²) < 4.78 is 11.9. The van der Waals surface area contributed by atoms with E-state index in [0.29, 0.717) is 47.1 Å². The number of nitrogens with zero attached hydrogens (tertiary/aromatic N) is 3. The fourth-order valence-electron chi connectivity index (χ4n) is 3.88. The van der Waals surface area contributed by atoms with Crippen LogP contribution < -0.4 is 20.9 Å². The number of benzene rings is 2. The fraction of sp³-hybridized carbons (Fsp3) is 0.480. The number of aromatic nitrogens is 1. The second-order valence-corrected chi connectivity index (χ2v) is 7.84. The van der Waals surface area contributed by atoms with Crippen molar-refractivity contribution in [3.05, 3.63) is 30.3 Å². The Morgan fingerprint density at radius 1 is 0.706 bits per heavy atom. The number of fused-ring (bicyclic) bond motifs is 2. The second-order valence-electron chi connectivity index (χ2n) is 7.84. The van der Waals surface area contributed by atoms with Gasteiger partial charge in [-0.05, 0) is 56.5 Å². The Balaban J connectivity index is 0.00000289. The van der Waals surface area contributed by atoms with E-state index in [2.05, 4.69) is 43.6 Å². The van der Waals surface area contributed by atoms with Gasteiger partial charge in [-0.15, -0.1) is 12.4 Å². The topological polar surface area (TPSA) is 121 Å². The molecular weight excluding hydrogens is 454 g/mol. The molecule has 0 unspecified atom stereocenters. The van der Waals surface area contributed by atoms with E-state index in [9.17, 15) is 0 Å². The highest BCUT2D eigenvalue weighted by Gasteiger charge is 2.13. The first-order valence-corrected chi connectivity index (χ1v) is 11.6. The number of likely N-dealkylation sites (N-methyl/N-ethyl adjacent to an activating group) is 2. The molecule has 1 heterocycles. The molecule has 0 aliphatic rings. The zero-order valence-corrected chi connectivity index (χ0v) is 21.6. The number of hydrogen-bond donors (Lipinski definition) is 2. The molecule has 0 radical (unpaired) electrons. The lowest BCUT2D eigenvalue weighted by Crippen LogP contribution is -2.28. The van der Waals surface area contributed by atoms with Crippen molar-refractivity contribution in [3.8, 4) is 11.5 Å². The van der Waals surface area contributed by atoms with Gasteiger partial charge in [0.25, 0.3) is 0 Å². The monoisotopic (exact) mass is 493 g/mol. The lowest BCUT2D eigenvalue weighted by molar-refractivity contribution is 0.223. The lowest BCUT2D eigenvalue weighted by atomic mass is 10.1. The van der Waals surface area contributed by atoms with Crippen molar-refractivity contribution in [2.24, 2.45) is 0 Å². The van der Waals surface area contributed by atoms with E-state index in [-0.39, 0.29) is 17.9 Å². The summed E-state index contributed by atoms with van der Waals surface area (Å²) in [7, 11) is 0. The number of rotatable bonds is 12. The molecule has 0 aliphatic carbocycles. The number of ether oxygens (including phenoxy) is 2. The molecule has 8 nitrogen and oxygen atoms in total. The van der Waals surface area contributed by atoms with Crippen molar-refractivity contribution in [2.75, 3.05) is 63.9 Å². The van der Waals surface area contributed by atoms with E-state index < -0.39 is 0 Å². The van der Waals surface area contributed by atoms with E-state index in [1.807, 2.05) is 24.3 Å². The maximum absolute atomic E-state index is 6.45. The first-order chi connectivity index (χ1) is 15.5. The number of pyridine rings is 1. The van der Waals surface area contributed by atoms with Gasteiger partial charge in [0.15, 0.2) is 0 Å². The molecule has 9 heteroatoms. The summed E-state index contributed by atoms with van der Waals surface area (Å²) in [5.41, 5.74) is 15.4. The molecule has 2 aromatic carbocycles. The van der Waals surface area contributed by atoms with Gasteiger partial charge < -0.3 is 36.2 Å². The standard InChI is InChI=1S/C25H37N5O2.ClH.H2O/c1-5-29(6-2)13-15-31-20-11-9-18-17-19-10-12-21(32-16-14-30(7-3)8-4)23(27)25(19)28-24(18)22(20)26;;/h9-12,17H,5-8,13-16,26-27H2,1-4H3;1H;1H2. The Hall–Kier alpha value is -2.52. The zero-order valence-electron chi connectivity index (χ0n) is 20.8. The number of nitrogens with two attached hydrogens (primary N) is 2. The maximum atomic E-state index is 6.45. The van der Waals surface area contributed by atoms with E-state index in [1.165, 1.54) is 0 Å². The molecule has 190 valence electrons. The molecule has 3 rings (SSSR count). The van der Waals surface area contributed by atoms with Crippen LogP contribution in [-0.4, -0.2) is 72.7 Å². The molecule has 0 atom stereocenters. The van der Waals surface area contributed by atoms with Crippen LogP contribution in [-0.2, 0) is 0 Å². The molecule has 0 saturated heterocycles. The molecule has 0 bridgehead atoms. The van der Waals surface area contributed by atoms with E-state index in [1.54, 1.807) is 0 Å². The van der Waals surface area contributed by atoms with Crippen LogP contribution in [0.3, 0.4) is 0 Å². The van der Waals surface area contributed by atoms with Crippen LogP contribution >= 0.6 is 12.4 Å². The summed E-state index contributed by atoms with van der Waals surface area (Å²) >= 11 is 0. The summed E-state index contributed by atoms with van der Waals surface area (Å²) in [4.78, 5) is 9.44. The van der Waals surface area contributed by atoms with Crippen molar-refractivity contribution >= 4 is 45.6 Å². The Morgan fingerprint density at radius 2 is 1.09 bits per heavy atom. The summed E-state index contributed by atoms with van der Waals surface area (Å²) in [5.74, 6) is 1.31. The van der Waals surface area contributed by atoms with Gasteiger partial charge in [0.05, 0.1) is 11.0 Å². The Kier molecular flexibility index (Phi) is 12.2. The number of anilines is 2. The Bertz CT molecular complexity index is 963. The molecule has 3 aromatic rings. The molecule has 0 aliphatic heterocycles. The summed E-state index contributed by atoms with van der Waals surface area (Å²) in [5, 5.41) is 1.92. The number of nitrogen functional groups attached to an aromatic ring is 2. The molecule has 0 spiro atoms. The number of hydrogen-bond acceptors (Lipinski definition) is 7. The molecule has 0 amide bonds. The molecule has 0 saturated carbocycles. The Morgan fingerprint density at radius 3 is 1.44 bits per heavy atom. The van der Waals surface area contributed by atoms with Crippen LogP contribution in [0.4, 0.5) is 11.4 Å². The van der Waals surface area contributed by atoms with Gasteiger partial charge in [0.2, 0.25) is 0 Å². The average molecular weight is 494 g/mol. The smallest absolute Gasteiger partial charge is 0.144 e. The first-order valence-electron chi connectivity index (χ1n) is 11.6. The van der Waals surface area contributed by atoms with Crippen LogP contribution in [0.15, 0.2) is 30.3 Å². The third-order valence-electron chi connectivity index (χ3n) is 6.07. The first kappa shape index (κ1) is 29.5. The molecule has 0 fully saturated rings. The van der Waals surface area contributed by atoms with Crippen LogP contribution in [0.1, 0.15) is 27.7 Å². The maximum Gasteiger partial charge on any atom is 0.144 e. The molecule has 1 aromatic heterocycles. The van der Waals surface area contributed by atoms with Crippen molar-refractivity contribution in [1.82, 2.24) is 14.8 Å². The minimum absolute atomic E-state index is 0. The van der Waals surface area contributed by atoms with Crippen LogP contribution in [0, 0.1) is 0 Å². The molecule has 34 heavy (non-hydrogen) atoms. The molecule has 6 N–H and O–H groups in total. The zero-order chi connectivity index (χ0) is 23.1. The third kappa shape index (κ3) is 6.76. The lowest BCUT2D eigenvalue weighted by Gasteiger charge is -2.19. The van der Waals surface area contributed by atoms with Crippen molar-refractivity contribution < 1.29 is 14.9 Å². The summed E-state index contributed by atoms with van der Waals surface area (Å²) in [6.07, 6.45) is 0. The van der Waals surface area contributed by atoms with Gasteiger partial charge in [0.1, 0.15) is 36.1 Å². The van der Waals surface area contributed by atoms with Gasteiger partial charge in [-0.2, -0.15) is 0 Å². The molecular formula is C25H40ClN5O3. The van der Waals surface area contributed by atoms with Crippen LogP contribution in [0.2, 0.25) is 0 Å². The normalized spacial score (nSPS) is 11.0. The highest BCUT2D eigenvalue weighted by Crippen LogP contribution is 2.35. The Labute approximate surface area is 208 Å². The van der Waals surface area contributed by atoms with Gasteiger partial charge >= 0.3 is 0 Å². The van der Waals surface area contributed by atoms with Crippen molar-refractivity contribution in [1.29, 1.82) is 0 Å². The predicted molar refractivity (Wildman–Crippen MR) is 146 cm³/mol. The SMILES string of the molecule is CCN(CC)CCOc1ccc2cc3ccc(OCCN(CC)CC)c(N)c3nc2c1N.Cl.O. The van der Waals surface area contributed by atoms with Crippen molar-refractivity contribution in [2.45, 2.75) is 27.7 Å². The minimum Gasteiger partial charge on any atom is -0.490 e. The van der Waals surface area contributed by atoms with Gasteiger partial charge in [0, 0.05) is 23.9 Å². The largest absolute Gasteiger partial charge is 0.490 e. The highest BCUT2D eigenvalue weighted by molar-refractivity contribution is 6.03. The second kappa shape index (κ2) is 14.0. The van der Waals surface area contributed by atoms with E-state index >= 15 is 0 Å². The quantitative estimate of drug-likeness (QED) is 0.292. The average Bonchev–Trinajstić information content (AvgIpc) is 2.81. The number of halogens is 1. The third-order valence-corrected chi connectivity index (χ3v) is 6.07. The van der Waals surface area contributed by atoms with E-state index in [4.69, 9.17) is 25.9 Å². The van der Waals surface area contributed by atoms with Gasteiger partial charge in [-0.1, -0.05) is 27.7 Å². The van der Waals surface area contributed by atoms with Gasteiger partial charge in [-0.3, -0.25) is 0 Å². The minimum atomic E-state index is 0. The predicted octanol–water partition coefficient (Wildman–Crippen LogP) is 3.59. The summed E-state index contributed by atoms with van der Waals surface area (Å²) in [6.45, 7) is 15.5. The van der Waals surface area contributed by atoms with Crippen molar-refractivity contribution in [3.63, 3.8) is 0 Å². The fourth-order valence-corrected chi connectivity index (χ4v) is 3.88. The van der Waals surface area contributed by atoms with E-state index in [0.717, 1.165) is 50.0 Å². The highest BCUT2D eigenvalue weighted by atomic mass is 35.5.